The van der Waals surface area contributed by atoms with Gasteiger partial charge in [0.15, 0.2) is 0 Å². The van der Waals surface area contributed by atoms with Crippen molar-refractivity contribution in [2.75, 3.05) is 6.61 Å². The lowest BCUT2D eigenvalue weighted by Crippen LogP contribution is -2.40. The average Bonchev–Trinajstić information content (AvgIpc) is 2.94. The highest BCUT2D eigenvalue weighted by atomic mass is 16.3. The first-order valence-corrected chi connectivity index (χ1v) is 8.44. The van der Waals surface area contributed by atoms with E-state index in [-0.39, 0.29) is 18.4 Å². The molecule has 4 nitrogen and oxygen atoms in total. The normalized spacial score (nSPS) is 15.0. The summed E-state index contributed by atoms with van der Waals surface area (Å²) in [6, 6.07) is 20.1. The highest BCUT2D eigenvalue weighted by molar-refractivity contribution is 6.21. The fourth-order valence-electron chi connectivity index (χ4n) is 3.27. The first-order valence-electron chi connectivity index (χ1n) is 8.44. The van der Waals surface area contributed by atoms with Crippen LogP contribution in [0.5, 0.6) is 0 Å². The van der Waals surface area contributed by atoms with E-state index in [9.17, 15) is 14.7 Å². The van der Waals surface area contributed by atoms with Gasteiger partial charge in [-0.2, -0.15) is 0 Å². The van der Waals surface area contributed by atoms with Gasteiger partial charge in [0.25, 0.3) is 11.8 Å². The van der Waals surface area contributed by atoms with Crippen molar-refractivity contribution in [1.29, 1.82) is 0 Å². The predicted octanol–water partition coefficient (Wildman–Crippen LogP) is 3.51. The molecule has 1 aliphatic rings. The number of carbonyl (C=O) groups excluding carboxylic acids is 2. The molecule has 4 rings (SSSR count). The van der Waals surface area contributed by atoms with E-state index in [1.54, 1.807) is 30.3 Å². The van der Waals surface area contributed by atoms with E-state index in [2.05, 4.69) is 0 Å². The van der Waals surface area contributed by atoms with Crippen molar-refractivity contribution in [3.8, 4) is 0 Å². The second-order valence-electron chi connectivity index (χ2n) is 6.24. The van der Waals surface area contributed by atoms with Gasteiger partial charge in [-0.25, -0.2) is 0 Å². The lowest BCUT2D eigenvalue weighted by Gasteiger charge is -2.21. The third-order valence-corrected chi connectivity index (χ3v) is 4.63. The maximum Gasteiger partial charge on any atom is 0.262 e. The maximum absolute atomic E-state index is 12.6. The fraction of sp³-hybridized carbons (Fsp3) is 0.0909. The van der Waals surface area contributed by atoms with Crippen molar-refractivity contribution in [3.05, 3.63) is 89.5 Å². The third-order valence-electron chi connectivity index (χ3n) is 4.63. The Morgan fingerprint density at radius 1 is 0.846 bits per heavy atom. The quantitative estimate of drug-likeness (QED) is 0.738. The lowest BCUT2D eigenvalue weighted by molar-refractivity contribution is 0.0565. The minimum atomic E-state index is -0.700. The Bertz CT molecular complexity index is 1000. The molecule has 0 aliphatic carbocycles. The van der Waals surface area contributed by atoms with Crippen LogP contribution in [0.2, 0.25) is 0 Å². The van der Waals surface area contributed by atoms with Crippen LogP contribution in [0, 0.1) is 0 Å². The summed E-state index contributed by atoms with van der Waals surface area (Å²) in [7, 11) is 0. The monoisotopic (exact) mass is 343 g/mol. The number of imide groups is 1. The molecule has 0 fully saturated rings. The number of benzene rings is 3. The topological polar surface area (TPSA) is 57.6 Å². The van der Waals surface area contributed by atoms with Gasteiger partial charge in [0, 0.05) is 0 Å². The van der Waals surface area contributed by atoms with Gasteiger partial charge < -0.3 is 5.11 Å². The number of aliphatic hydroxyl groups excluding tert-OH is 1. The second kappa shape index (κ2) is 6.58. The van der Waals surface area contributed by atoms with Crippen LogP contribution in [0.4, 0.5) is 0 Å². The number of amides is 2. The number of hydrogen-bond donors (Lipinski definition) is 1. The van der Waals surface area contributed by atoms with Gasteiger partial charge in [0.2, 0.25) is 0 Å². The summed E-state index contributed by atoms with van der Waals surface area (Å²) in [5, 5.41) is 12.0. The molecule has 0 bridgehead atoms. The number of aliphatic hydroxyl groups is 1. The molecule has 0 saturated carbocycles. The predicted molar refractivity (Wildman–Crippen MR) is 101 cm³/mol. The van der Waals surface area contributed by atoms with Crippen LogP contribution in [0.25, 0.3) is 16.8 Å². The van der Waals surface area contributed by atoms with Crippen molar-refractivity contribution in [1.82, 2.24) is 4.90 Å². The number of nitrogens with zero attached hydrogens (tertiary/aromatic N) is 1. The summed E-state index contributed by atoms with van der Waals surface area (Å²) in [5.74, 6) is -0.736. The van der Waals surface area contributed by atoms with Crippen LogP contribution < -0.4 is 0 Å². The zero-order valence-electron chi connectivity index (χ0n) is 14.0. The van der Waals surface area contributed by atoms with Gasteiger partial charge in [0.05, 0.1) is 23.8 Å². The molecule has 2 amide bonds. The molecule has 0 aromatic heterocycles. The molecule has 1 heterocycles. The van der Waals surface area contributed by atoms with Gasteiger partial charge in [0.1, 0.15) is 0 Å². The molecular weight excluding hydrogens is 326 g/mol. The average molecular weight is 343 g/mol. The first kappa shape index (κ1) is 16.2. The maximum atomic E-state index is 12.6. The Kier molecular flexibility index (Phi) is 4.11. The summed E-state index contributed by atoms with van der Waals surface area (Å²) < 4.78 is 0. The van der Waals surface area contributed by atoms with E-state index in [0.29, 0.717) is 11.1 Å². The third kappa shape index (κ3) is 2.70. The van der Waals surface area contributed by atoms with E-state index in [4.69, 9.17) is 0 Å². The second-order valence-corrected chi connectivity index (χ2v) is 6.24. The lowest BCUT2D eigenvalue weighted by atomic mass is 10.1. The van der Waals surface area contributed by atoms with Crippen LogP contribution in [0.15, 0.2) is 72.8 Å². The molecule has 0 unspecified atom stereocenters. The molecule has 0 spiro atoms. The van der Waals surface area contributed by atoms with Crippen LogP contribution in [0.3, 0.4) is 0 Å². The first-order chi connectivity index (χ1) is 12.7. The van der Waals surface area contributed by atoms with Crippen molar-refractivity contribution >= 4 is 28.7 Å². The Morgan fingerprint density at radius 3 is 2.12 bits per heavy atom. The Morgan fingerprint density at radius 2 is 1.46 bits per heavy atom. The van der Waals surface area contributed by atoms with Crippen LogP contribution in [0.1, 0.15) is 26.3 Å². The highest BCUT2D eigenvalue weighted by Gasteiger charge is 2.38. The summed E-state index contributed by atoms with van der Waals surface area (Å²) >= 11 is 0. The molecule has 1 atom stereocenters. The standard InChI is InChI=1S/C22H17NO3/c24-14-18(23-21(25)19-7-3-4-8-20(19)22(23)26)12-10-15-9-11-16-5-1-2-6-17(16)13-15/h1-13,18,24H,14H2/b12-10+/t18-/m1/s1. The molecule has 0 radical (unpaired) electrons. The largest absolute Gasteiger partial charge is 0.394 e. The Labute approximate surface area is 151 Å². The molecule has 0 saturated heterocycles. The zero-order chi connectivity index (χ0) is 18.1. The number of carbonyl (C=O) groups is 2. The summed E-state index contributed by atoms with van der Waals surface area (Å²) in [5.41, 5.74) is 1.71. The van der Waals surface area contributed by atoms with Crippen molar-refractivity contribution < 1.29 is 14.7 Å². The van der Waals surface area contributed by atoms with Gasteiger partial charge in [-0.15, -0.1) is 0 Å². The van der Waals surface area contributed by atoms with E-state index in [0.717, 1.165) is 21.2 Å². The van der Waals surface area contributed by atoms with Crippen molar-refractivity contribution in [3.63, 3.8) is 0 Å². The Hall–Kier alpha value is -3.24. The minimum Gasteiger partial charge on any atom is -0.394 e. The van der Waals surface area contributed by atoms with Gasteiger partial charge in [-0.3, -0.25) is 14.5 Å². The SMILES string of the molecule is O=C1c2ccccc2C(=O)N1[C@H](/C=C/c1ccc2ccccc2c1)CO. The van der Waals surface area contributed by atoms with E-state index < -0.39 is 6.04 Å². The number of rotatable bonds is 4. The van der Waals surface area contributed by atoms with E-state index >= 15 is 0 Å². The zero-order valence-corrected chi connectivity index (χ0v) is 14.0. The fourth-order valence-corrected chi connectivity index (χ4v) is 3.27. The smallest absolute Gasteiger partial charge is 0.262 e. The van der Waals surface area contributed by atoms with E-state index in [1.165, 1.54) is 0 Å². The van der Waals surface area contributed by atoms with Gasteiger partial charge in [-0.1, -0.05) is 60.7 Å². The van der Waals surface area contributed by atoms with Gasteiger partial charge >= 0.3 is 0 Å². The van der Waals surface area contributed by atoms with Crippen LogP contribution in [-0.4, -0.2) is 34.5 Å². The molecule has 1 N–H and O–H groups in total. The number of hydrogen-bond acceptors (Lipinski definition) is 3. The van der Waals surface area contributed by atoms with Crippen LogP contribution in [-0.2, 0) is 0 Å². The summed E-state index contributed by atoms with van der Waals surface area (Å²) in [6.45, 7) is -0.324. The van der Waals surface area contributed by atoms with Gasteiger partial charge in [-0.05, 0) is 34.5 Å². The molecule has 3 aromatic carbocycles. The summed E-state index contributed by atoms with van der Waals surface area (Å²) in [6.07, 6.45) is 3.53. The highest BCUT2D eigenvalue weighted by Crippen LogP contribution is 2.25. The molecule has 3 aromatic rings. The Balaban J connectivity index is 1.62. The minimum absolute atomic E-state index is 0.324. The van der Waals surface area contributed by atoms with Crippen molar-refractivity contribution in [2.45, 2.75) is 6.04 Å². The summed E-state index contributed by atoms with van der Waals surface area (Å²) in [4.78, 5) is 26.2. The van der Waals surface area contributed by atoms with Crippen molar-refractivity contribution in [2.24, 2.45) is 0 Å². The molecule has 26 heavy (non-hydrogen) atoms. The van der Waals surface area contributed by atoms with Crippen LogP contribution >= 0.6 is 0 Å². The molecule has 128 valence electrons. The van der Waals surface area contributed by atoms with E-state index in [1.807, 2.05) is 48.5 Å². The molecule has 4 heteroatoms. The molecule has 1 aliphatic heterocycles. The number of fused-ring (bicyclic) bond motifs is 2. The molecular formula is C22H17NO3.